The Morgan fingerprint density at radius 3 is 2.06 bits per heavy atom. The Kier molecular flexibility index (Phi) is 8.34. The van der Waals surface area contributed by atoms with Crippen LogP contribution >= 0.6 is 11.8 Å². The molecule has 0 atom stereocenters. The SMILES string of the molecule is CCCn1c(SCCNS(=O)(=O)c2c(C)cc(C)cc2C)nc(-c2ccccc2)c1-c1ccccc1. The molecule has 0 aliphatic heterocycles. The van der Waals surface area contributed by atoms with Crippen molar-refractivity contribution in [2.45, 2.75) is 50.7 Å². The van der Waals surface area contributed by atoms with E-state index in [1.54, 1.807) is 11.8 Å². The highest BCUT2D eigenvalue weighted by atomic mass is 32.2. The van der Waals surface area contributed by atoms with Crippen molar-refractivity contribution in [2.75, 3.05) is 12.3 Å². The van der Waals surface area contributed by atoms with Gasteiger partial charge in [-0.3, -0.25) is 0 Å². The lowest BCUT2D eigenvalue weighted by atomic mass is 10.0. The van der Waals surface area contributed by atoms with Crippen molar-refractivity contribution in [1.82, 2.24) is 14.3 Å². The minimum Gasteiger partial charge on any atom is -0.318 e. The summed E-state index contributed by atoms with van der Waals surface area (Å²) in [7, 11) is -3.59. The highest BCUT2D eigenvalue weighted by Crippen LogP contribution is 2.36. The molecule has 0 spiro atoms. The average Bonchev–Trinajstić information content (AvgIpc) is 3.20. The fraction of sp³-hybridized carbons (Fsp3) is 0.276. The molecule has 36 heavy (non-hydrogen) atoms. The molecule has 0 unspecified atom stereocenters. The van der Waals surface area contributed by atoms with Gasteiger partial charge in [0, 0.05) is 30.0 Å². The van der Waals surface area contributed by atoms with Gasteiger partial charge in [-0.2, -0.15) is 0 Å². The molecular weight excluding hydrogens is 486 g/mol. The van der Waals surface area contributed by atoms with Crippen molar-refractivity contribution in [2.24, 2.45) is 0 Å². The Labute approximate surface area is 219 Å². The summed E-state index contributed by atoms with van der Waals surface area (Å²) < 4.78 is 31.2. The highest BCUT2D eigenvalue weighted by molar-refractivity contribution is 7.99. The van der Waals surface area contributed by atoms with Crippen LogP contribution in [0.15, 0.2) is 82.8 Å². The quantitative estimate of drug-likeness (QED) is 0.189. The van der Waals surface area contributed by atoms with Gasteiger partial charge in [0.25, 0.3) is 0 Å². The third kappa shape index (κ3) is 5.75. The number of rotatable bonds is 10. The Balaban J connectivity index is 1.59. The lowest BCUT2D eigenvalue weighted by Crippen LogP contribution is -2.27. The molecule has 1 aromatic heterocycles. The first-order valence-corrected chi connectivity index (χ1v) is 14.7. The zero-order valence-electron chi connectivity index (χ0n) is 21.3. The molecule has 3 aromatic carbocycles. The second-order valence-electron chi connectivity index (χ2n) is 8.95. The zero-order valence-corrected chi connectivity index (χ0v) is 22.9. The molecule has 1 N–H and O–H groups in total. The van der Waals surface area contributed by atoms with Gasteiger partial charge >= 0.3 is 0 Å². The van der Waals surface area contributed by atoms with E-state index < -0.39 is 10.0 Å². The molecule has 0 bridgehead atoms. The summed E-state index contributed by atoms with van der Waals surface area (Å²) in [6.07, 6.45) is 0.969. The van der Waals surface area contributed by atoms with Crippen LogP contribution < -0.4 is 4.72 Å². The summed E-state index contributed by atoms with van der Waals surface area (Å²) in [5, 5.41) is 0.899. The van der Waals surface area contributed by atoms with Gasteiger partial charge in [0.15, 0.2) is 5.16 Å². The summed E-state index contributed by atoms with van der Waals surface area (Å²) in [4.78, 5) is 5.43. The van der Waals surface area contributed by atoms with E-state index >= 15 is 0 Å². The number of nitrogens with one attached hydrogen (secondary N) is 1. The van der Waals surface area contributed by atoms with Crippen LogP contribution in [0, 0.1) is 20.8 Å². The summed E-state index contributed by atoms with van der Waals surface area (Å²) in [5.41, 5.74) is 6.83. The van der Waals surface area contributed by atoms with Crippen molar-refractivity contribution in [3.63, 3.8) is 0 Å². The molecule has 4 rings (SSSR count). The smallest absolute Gasteiger partial charge is 0.241 e. The average molecular weight is 520 g/mol. The van der Waals surface area contributed by atoms with Crippen molar-refractivity contribution >= 4 is 21.8 Å². The molecule has 0 aliphatic carbocycles. The number of nitrogens with zero attached hydrogens (tertiary/aromatic N) is 2. The van der Waals surface area contributed by atoms with Crippen molar-refractivity contribution in [3.05, 3.63) is 89.5 Å². The van der Waals surface area contributed by atoms with Crippen LogP contribution in [-0.2, 0) is 16.6 Å². The van der Waals surface area contributed by atoms with Gasteiger partial charge in [-0.05, 0) is 38.3 Å². The minimum atomic E-state index is -3.59. The maximum absolute atomic E-state index is 13.1. The van der Waals surface area contributed by atoms with Crippen molar-refractivity contribution in [1.29, 1.82) is 0 Å². The number of benzene rings is 3. The predicted molar refractivity (Wildman–Crippen MR) is 150 cm³/mol. The number of imidazole rings is 1. The number of hydrogen-bond donors (Lipinski definition) is 1. The lowest BCUT2D eigenvalue weighted by molar-refractivity contribution is 0.582. The third-order valence-electron chi connectivity index (χ3n) is 5.97. The van der Waals surface area contributed by atoms with Crippen LogP contribution in [0.2, 0.25) is 0 Å². The van der Waals surface area contributed by atoms with Gasteiger partial charge in [0.05, 0.1) is 16.3 Å². The van der Waals surface area contributed by atoms with Gasteiger partial charge in [0.1, 0.15) is 0 Å². The first-order valence-electron chi connectivity index (χ1n) is 12.2. The number of aromatic nitrogens is 2. The zero-order chi connectivity index (χ0) is 25.7. The standard InChI is InChI=1S/C29H33N3O2S2/c1-5-17-32-27(25-14-10-7-11-15-25)26(24-12-8-6-9-13-24)31-29(32)35-18-16-30-36(33,34)28-22(3)19-21(2)20-23(28)4/h6-15,19-20,30H,5,16-18H2,1-4H3. The van der Waals surface area contributed by atoms with Crippen molar-refractivity contribution < 1.29 is 8.42 Å². The Hall–Kier alpha value is -2.87. The summed E-state index contributed by atoms with van der Waals surface area (Å²) >= 11 is 1.58. The maximum atomic E-state index is 13.1. The maximum Gasteiger partial charge on any atom is 0.241 e. The van der Waals surface area contributed by atoms with Gasteiger partial charge in [0.2, 0.25) is 10.0 Å². The van der Waals surface area contributed by atoms with E-state index in [1.165, 1.54) is 0 Å². The van der Waals surface area contributed by atoms with Gasteiger partial charge in [-0.1, -0.05) is 97.0 Å². The van der Waals surface area contributed by atoms with Crippen LogP contribution in [0.3, 0.4) is 0 Å². The number of hydrogen-bond acceptors (Lipinski definition) is 4. The Morgan fingerprint density at radius 1 is 0.889 bits per heavy atom. The molecule has 0 fully saturated rings. The summed E-state index contributed by atoms with van der Waals surface area (Å²) in [5.74, 6) is 0.576. The lowest BCUT2D eigenvalue weighted by Gasteiger charge is -2.14. The van der Waals surface area contributed by atoms with E-state index in [1.807, 2.05) is 69.3 Å². The van der Waals surface area contributed by atoms with E-state index in [4.69, 9.17) is 4.98 Å². The summed E-state index contributed by atoms with van der Waals surface area (Å²) in [6.45, 7) is 8.99. The normalized spacial score (nSPS) is 11.7. The minimum absolute atomic E-state index is 0.320. The van der Waals surface area contributed by atoms with E-state index in [9.17, 15) is 8.42 Å². The first-order chi connectivity index (χ1) is 17.3. The van der Waals surface area contributed by atoms with Crippen LogP contribution in [0.4, 0.5) is 0 Å². The second kappa shape index (κ2) is 11.5. The Morgan fingerprint density at radius 2 is 1.47 bits per heavy atom. The van der Waals surface area contributed by atoms with Crippen molar-refractivity contribution in [3.8, 4) is 22.5 Å². The monoisotopic (exact) mass is 519 g/mol. The van der Waals surface area contributed by atoms with Crippen LogP contribution in [0.5, 0.6) is 0 Å². The molecule has 5 nitrogen and oxygen atoms in total. The first kappa shape index (κ1) is 26.2. The molecule has 0 radical (unpaired) electrons. The molecule has 0 aliphatic rings. The van der Waals surface area contributed by atoms with E-state index in [0.29, 0.717) is 17.2 Å². The molecule has 188 valence electrons. The van der Waals surface area contributed by atoms with Gasteiger partial charge in [-0.25, -0.2) is 18.1 Å². The molecule has 0 amide bonds. The topological polar surface area (TPSA) is 64.0 Å². The molecule has 1 heterocycles. The molecule has 4 aromatic rings. The van der Waals surface area contributed by atoms with Gasteiger partial charge < -0.3 is 4.57 Å². The molecule has 0 saturated heterocycles. The largest absolute Gasteiger partial charge is 0.318 e. The molecule has 7 heteroatoms. The molecule has 0 saturated carbocycles. The van der Waals surface area contributed by atoms with E-state index in [2.05, 4.69) is 40.5 Å². The Bertz CT molecular complexity index is 1410. The van der Waals surface area contributed by atoms with Gasteiger partial charge in [-0.15, -0.1) is 0 Å². The highest BCUT2D eigenvalue weighted by Gasteiger charge is 2.22. The number of thioether (sulfide) groups is 1. The fourth-order valence-electron chi connectivity index (χ4n) is 4.64. The predicted octanol–water partition coefficient (Wildman–Crippen LogP) is 6.62. The molecular formula is C29H33N3O2S2. The summed E-state index contributed by atoms with van der Waals surface area (Å²) in [6, 6.07) is 24.4. The number of aryl methyl sites for hydroxylation is 3. The van der Waals surface area contributed by atoms with Crippen LogP contribution in [0.1, 0.15) is 30.0 Å². The van der Waals surface area contributed by atoms with Crippen LogP contribution in [-0.4, -0.2) is 30.3 Å². The van der Waals surface area contributed by atoms with Crippen LogP contribution in [0.25, 0.3) is 22.5 Å². The third-order valence-corrected chi connectivity index (χ3v) is 8.72. The fourth-order valence-corrected chi connectivity index (χ4v) is 7.13. The van der Waals surface area contributed by atoms with E-state index in [0.717, 1.165) is 57.3 Å². The second-order valence-corrected chi connectivity index (χ2v) is 11.7. The van der Waals surface area contributed by atoms with E-state index in [-0.39, 0.29) is 0 Å². The number of sulfonamides is 1.